The largest absolute Gasteiger partial charge is 0.417 e. The number of aromatic nitrogens is 1. The number of hydrogen-bond donors (Lipinski definition) is 1. The molecule has 1 heterocycles. The summed E-state index contributed by atoms with van der Waals surface area (Å²) in [5, 5.41) is 9.82. The van der Waals surface area contributed by atoms with Crippen LogP contribution in [0.5, 0.6) is 0 Å². The van der Waals surface area contributed by atoms with Gasteiger partial charge in [0.1, 0.15) is 17.5 Å². The number of benzene rings is 2. The summed E-state index contributed by atoms with van der Waals surface area (Å²) in [4.78, 5) is 4.10. The molecule has 0 amide bonds. The smallest absolute Gasteiger partial charge is 0.383 e. The summed E-state index contributed by atoms with van der Waals surface area (Å²) in [6.07, 6.45) is -4.54. The molecule has 2 N–H and O–H groups in total. The molecule has 3 aromatic rings. The summed E-state index contributed by atoms with van der Waals surface area (Å²) in [6.45, 7) is 0. The molecule has 23 heavy (non-hydrogen) atoms. The van der Waals surface area contributed by atoms with Crippen LogP contribution in [0.1, 0.15) is 11.1 Å². The van der Waals surface area contributed by atoms with Gasteiger partial charge in [0.2, 0.25) is 0 Å². The number of halogens is 3. The summed E-state index contributed by atoms with van der Waals surface area (Å²) >= 11 is 0. The van der Waals surface area contributed by atoms with Gasteiger partial charge in [-0.15, -0.1) is 0 Å². The van der Waals surface area contributed by atoms with Gasteiger partial charge in [-0.2, -0.15) is 18.4 Å². The lowest BCUT2D eigenvalue weighted by Gasteiger charge is -2.16. The number of alkyl halides is 3. The van der Waals surface area contributed by atoms with E-state index in [1.54, 1.807) is 24.3 Å². The highest BCUT2D eigenvalue weighted by Crippen LogP contribution is 2.41. The summed E-state index contributed by atoms with van der Waals surface area (Å²) in [7, 11) is 0. The van der Waals surface area contributed by atoms with E-state index in [0.29, 0.717) is 10.9 Å². The lowest BCUT2D eigenvalue weighted by molar-refractivity contribution is -0.137. The monoisotopic (exact) mass is 313 g/mol. The first-order valence-electron chi connectivity index (χ1n) is 6.68. The average Bonchev–Trinajstić information content (AvgIpc) is 2.52. The molecule has 0 aliphatic heterocycles. The number of anilines is 1. The van der Waals surface area contributed by atoms with Crippen LogP contribution in [0.25, 0.3) is 22.0 Å². The highest BCUT2D eigenvalue weighted by atomic mass is 19.4. The van der Waals surface area contributed by atoms with Crippen LogP contribution in [0.4, 0.5) is 19.0 Å². The number of para-hydroxylation sites is 1. The number of fused-ring (bicyclic) bond motifs is 1. The van der Waals surface area contributed by atoms with E-state index in [0.717, 1.165) is 6.07 Å². The Kier molecular flexibility index (Phi) is 3.41. The molecule has 114 valence electrons. The minimum Gasteiger partial charge on any atom is -0.383 e. The molecule has 0 saturated heterocycles. The molecule has 0 bridgehead atoms. The third kappa shape index (κ3) is 2.46. The Morgan fingerprint density at radius 1 is 1.00 bits per heavy atom. The number of nitrogens with zero attached hydrogens (tertiary/aromatic N) is 2. The van der Waals surface area contributed by atoms with E-state index in [2.05, 4.69) is 4.98 Å². The third-order valence-electron chi connectivity index (χ3n) is 3.53. The van der Waals surface area contributed by atoms with Gasteiger partial charge in [0, 0.05) is 10.9 Å². The zero-order chi connectivity index (χ0) is 16.6. The first-order valence-corrected chi connectivity index (χ1v) is 6.68. The number of nitriles is 1. The van der Waals surface area contributed by atoms with E-state index < -0.39 is 11.7 Å². The molecule has 0 radical (unpaired) electrons. The first-order chi connectivity index (χ1) is 10.9. The van der Waals surface area contributed by atoms with Crippen LogP contribution in [0, 0.1) is 11.3 Å². The fraction of sp³-hybridized carbons (Fsp3) is 0.0588. The lowest BCUT2D eigenvalue weighted by atomic mass is 9.92. The minimum absolute atomic E-state index is 0.0552. The summed E-state index contributed by atoms with van der Waals surface area (Å²) in [5.41, 5.74) is 5.43. The van der Waals surface area contributed by atoms with Crippen molar-refractivity contribution in [2.45, 2.75) is 6.18 Å². The van der Waals surface area contributed by atoms with E-state index in [1.165, 1.54) is 18.2 Å². The third-order valence-corrected chi connectivity index (χ3v) is 3.53. The second-order valence-corrected chi connectivity index (χ2v) is 4.92. The van der Waals surface area contributed by atoms with Crippen molar-refractivity contribution in [3.05, 3.63) is 59.7 Å². The van der Waals surface area contributed by atoms with Crippen LogP contribution >= 0.6 is 0 Å². The first kappa shape index (κ1) is 14.9. The Morgan fingerprint density at radius 3 is 2.35 bits per heavy atom. The molecule has 0 spiro atoms. The van der Waals surface area contributed by atoms with Crippen molar-refractivity contribution in [2.24, 2.45) is 0 Å². The predicted octanol–water partition coefficient (Wildman–Crippen LogP) is 4.37. The number of pyridine rings is 1. The maximum Gasteiger partial charge on any atom is 0.417 e. The van der Waals surface area contributed by atoms with Crippen molar-refractivity contribution in [2.75, 3.05) is 5.73 Å². The number of rotatable bonds is 1. The zero-order valence-electron chi connectivity index (χ0n) is 11.7. The highest BCUT2D eigenvalue weighted by Gasteiger charge is 2.34. The molecule has 0 saturated carbocycles. The molecule has 3 rings (SSSR count). The van der Waals surface area contributed by atoms with Crippen molar-refractivity contribution < 1.29 is 13.2 Å². The standard InChI is InChI=1S/C17H10F3N3/c18-17(19,20)13-7-3-1-5-10(13)15-11-6-2-4-8-14(11)23-16(22)12(15)9-21/h1-8H,(H2,22,23). The molecule has 2 aromatic carbocycles. The van der Waals surface area contributed by atoms with Gasteiger partial charge in [-0.25, -0.2) is 4.98 Å². The van der Waals surface area contributed by atoms with E-state index in [4.69, 9.17) is 5.73 Å². The van der Waals surface area contributed by atoms with Crippen molar-refractivity contribution in [1.82, 2.24) is 4.98 Å². The van der Waals surface area contributed by atoms with E-state index >= 15 is 0 Å². The molecule has 0 aliphatic rings. The van der Waals surface area contributed by atoms with E-state index in [-0.39, 0.29) is 22.5 Å². The fourth-order valence-corrected chi connectivity index (χ4v) is 2.57. The summed E-state index contributed by atoms with van der Waals surface area (Å²) in [6, 6.07) is 13.7. The topological polar surface area (TPSA) is 62.7 Å². The molecule has 1 aromatic heterocycles. The second-order valence-electron chi connectivity index (χ2n) is 4.92. The quantitative estimate of drug-likeness (QED) is 0.725. The highest BCUT2D eigenvalue weighted by molar-refractivity contribution is 6.00. The van der Waals surface area contributed by atoms with Gasteiger partial charge < -0.3 is 5.73 Å². The lowest BCUT2D eigenvalue weighted by Crippen LogP contribution is -2.08. The normalized spacial score (nSPS) is 11.4. The maximum atomic E-state index is 13.3. The Morgan fingerprint density at radius 2 is 1.65 bits per heavy atom. The molecule has 0 fully saturated rings. The molecule has 6 heteroatoms. The van der Waals surface area contributed by atoms with Gasteiger partial charge in [0.15, 0.2) is 0 Å². The van der Waals surface area contributed by atoms with Crippen molar-refractivity contribution in [3.63, 3.8) is 0 Å². The SMILES string of the molecule is N#Cc1c(N)nc2ccccc2c1-c1ccccc1C(F)(F)F. The van der Waals surface area contributed by atoms with Crippen molar-refractivity contribution >= 4 is 16.7 Å². The Bertz CT molecular complexity index is 940. The van der Waals surface area contributed by atoms with E-state index in [9.17, 15) is 18.4 Å². The van der Waals surface area contributed by atoms with Gasteiger partial charge in [-0.3, -0.25) is 0 Å². The molecule has 0 atom stereocenters. The van der Waals surface area contributed by atoms with Crippen LogP contribution in [0.2, 0.25) is 0 Å². The van der Waals surface area contributed by atoms with Crippen molar-refractivity contribution in [3.8, 4) is 17.2 Å². The second kappa shape index (κ2) is 5.29. The van der Waals surface area contributed by atoms with Gasteiger partial charge in [0.05, 0.1) is 11.1 Å². The van der Waals surface area contributed by atoms with Gasteiger partial charge in [0.25, 0.3) is 0 Å². The molecular weight excluding hydrogens is 303 g/mol. The molecule has 0 unspecified atom stereocenters. The number of hydrogen-bond acceptors (Lipinski definition) is 3. The zero-order valence-corrected chi connectivity index (χ0v) is 11.7. The van der Waals surface area contributed by atoms with Crippen molar-refractivity contribution in [1.29, 1.82) is 5.26 Å². The van der Waals surface area contributed by atoms with Crippen LogP contribution in [0.3, 0.4) is 0 Å². The fourth-order valence-electron chi connectivity index (χ4n) is 2.57. The van der Waals surface area contributed by atoms with Crippen LogP contribution in [-0.2, 0) is 6.18 Å². The summed E-state index contributed by atoms with van der Waals surface area (Å²) in [5.74, 6) is -0.0850. The van der Waals surface area contributed by atoms with Gasteiger partial charge in [-0.05, 0) is 17.7 Å². The van der Waals surface area contributed by atoms with Gasteiger partial charge in [-0.1, -0.05) is 36.4 Å². The maximum absolute atomic E-state index is 13.3. The van der Waals surface area contributed by atoms with Gasteiger partial charge >= 0.3 is 6.18 Å². The minimum atomic E-state index is -4.54. The molecule has 3 nitrogen and oxygen atoms in total. The molecule has 0 aliphatic carbocycles. The number of nitrogens with two attached hydrogens (primary N) is 1. The van der Waals surface area contributed by atoms with E-state index in [1.807, 2.05) is 6.07 Å². The molecular formula is C17H10F3N3. The Balaban J connectivity index is 2.49. The van der Waals surface area contributed by atoms with Crippen LogP contribution in [-0.4, -0.2) is 4.98 Å². The number of nitrogen functional groups attached to an aromatic ring is 1. The average molecular weight is 313 g/mol. The summed E-state index contributed by atoms with van der Waals surface area (Å²) < 4.78 is 40.0. The Labute approximate surface area is 129 Å². The predicted molar refractivity (Wildman–Crippen MR) is 81.3 cm³/mol. The Hall–Kier alpha value is -3.07. The van der Waals surface area contributed by atoms with Crippen LogP contribution in [0.15, 0.2) is 48.5 Å². The van der Waals surface area contributed by atoms with Crippen LogP contribution < -0.4 is 5.73 Å².